The van der Waals surface area contributed by atoms with Crippen LogP contribution in [0, 0.1) is 5.41 Å². The highest BCUT2D eigenvalue weighted by Crippen LogP contribution is 2.39. The second-order valence-electron chi connectivity index (χ2n) is 6.29. The Kier molecular flexibility index (Phi) is 4.66. The van der Waals surface area contributed by atoms with Crippen molar-refractivity contribution in [2.24, 2.45) is 5.41 Å². The van der Waals surface area contributed by atoms with Crippen molar-refractivity contribution in [3.05, 3.63) is 23.8 Å². The SMILES string of the molecule is OCCC1(CNCc2cccc3c2OCO3)CCCCC1. The summed E-state index contributed by atoms with van der Waals surface area (Å²) in [7, 11) is 0. The maximum absolute atomic E-state index is 9.36. The first kappa shape index (κ1) is 14.7. The van der Waals surface area contributed by atoms with Crippen molar-refractivity contribution in [2.75, 3.05) is 19.9 Å². The Hall–Kier alpha value is -1.26. The van der Waals surface area contributed by atoms with Crippen LogP contribution in [0.4, 0.5) is 0 Å². The highest BCUT2D eigenvalue weighted by molar-refractivity contribution is 5.48. The maximum atomic E-state index is 9.36. The van der Waals surface area contributed by atoms with Gasteiger partial charge in [-0.15, -0.1) is 0 Å². The van der Waals surface area contributed by atoms with Crippen molar-refractivity contribution < 1.29 is 14.6 Å². The second kappa shape index (κ2) is 6.67. The molecular formula is C17H25NO3. The third-order valence-corrected chi connectivity index (χ3v) is 4.85. The average molecular weight is 291 g/mol. The largest absolute Gasteiger partial charge is 0.454 e. The molecule has 2 aliphatic rings. The van der Waals surface area contributed by atoms with Crippen LogP contribution in [0.2, 0.25) is 0 Å². The zero-order valence-electron chi connectivity index (χ0n) is 12.6. The van der Waals surface area contributed by atoms with Crippen LogP contribution in [-0.4, -0.2) is 25.1 Å². The molecule has 3 rings (SSSR count). The van der Waals surface area contributed by atoms with E-state index in [1.54, 1.807) is 0 Å². The Balaban J connectivity index is 1.58. The summed E-state index contributed by atoms with van der Waals surface area (Å²) in [6, 6.07) is 6.04. The van der Waals surface area contributed by atoms with Crippen molar-refractivity contribution >= 4 is 0 Å². The molecule has 1 aliphatic heterocycles. The van der Waals surface area contributed by atoms with Crippen molar-refractivity contribution in [1.29, 1.82) is 0 Å². The van der Waals surface area contributed by atoms with Crippen LogP contribution in [0.5, 0.6) is 11.5 Å². The molecule has 0 atom stereocenters. The van der Waals surface area contributed by atoms with Gasteiger partial charge in [-0.2, -0.15) is 0 Å². The lowest BCUT2D eigenvalue weighted by Crippen LogP contribution is -2.36. The predicted molar refractivity (Wildman–Crippen MR) is 81.5 cm³/mol. The molecule has 1 aromatic carbocycles. The minimum Gasteiger partial charge on any atom is -0.454 e. The van der Waals surface area contributed by atoms with E-state index in [1.165, 1.54) is 32.1 Å². The summed E-state index contributed by atoms with van der Waals surface area (Å²) in [5.74, 6) is 1.72. The lowest BCUT2D eigenvalue weighted by molar-refractivity contribution is 0.126. The molecule has 1 aromatic rings. The molecule has 1 aliphatic carbocycles. The van der Waals surface area contributed by atoms with Crippen LogP contribution in [0.1, 0.15) is 44.1 Å². The summed E-state index contributed by atoms with van der Waals surface area (Å²) < 4.78 is 11.0. The van der Waals surface area contributed by atoms with E-state index in [0.717, 1.165) is 36.6 Å². The molecule has 1 fully saturated rings. The van der Waals surface area contributed by atoms with Gasteiger partial charge in [-0.05, 0) is 30.7 Å². The van der Waals surface area contributed by atoms with Crippen LogP contribution in [0.15, 0.2) is 18.2 Å². The molecule has 0 amide bonds. The smallest absolute Gasteiger partial charge is 0.231 e. The predicted octanol–water partition coefficient (Wildman–Crippen LogP) is 2.84. The molecule has 2 N–H and O–H groups in total. The van der Waals surface area contributed by atoms with Gasteiger partial charge < -0.3 is 19.9 Å². The van der Waals surface area contributed by atoms with E-state index in [1.807, 2.05) is 12.1 Å². The number of aliphatic hydroxyl groups excluding tert-OH is 1. The van der Waals surface area contributed by atoms with E-state index in [0.29, 0.717) is 13.4 Å². The lowest BCUT2D eigenvalue weighted by Gasteiger charge is -2.37. The quantitative estimate of drug-likeness (QED) is 0.846. The van der Waals surface area contributed by atoms with Gasteiger partial charge in [0.25, 0.3) is 0 Å². The highest BCUT2D eigenvalue weighted by Gasteiger charge is 2.31. The van der Waals surface area contributed by atoms with Gasteiger partial charge in [-0.25, -0.2) is 0 Å². The van der Waals surface area contributed by atoms with Crippen molar-refractivity contribution in [1.82, 2.24) is 5.32 Å². The minimum absolute atomic E-state index is 0.280. The van der Waals surface area contributed by atoms with Gasteiger partial charge in [-0.3, -0.25) is 0 Å². The Morgan fingerprint density at radius 3 is 2.81 bits per heavy atom. The Morgan fingerprint density at radius 1 is 1.14 bits per heavy atom. The van der Waals surface area contributed by atoms with Crippen molar-refractivity contribution in [2.45, 2.75) is 45.1 Å². The molecule has 0 spiro atoms. The van der Waals surface area contributed by atoms with E-state index < -0.39 is 0 Å². The fourth-order valence-corrected chi connectivity index (χ4v) is 3.65. The number of para-hydroxylation sites is 1. The Morgan fingerprint density at radius 2 is 2.00 bits per heavy atom. The van der Waals surface area contributed by atoms with E-state index >= 15 is 0 Å². The summed E-state index contributed by atoms with van der Waals surface area (Å²) >= 11 is 0. The molecule has 0 radical (unpaired) electrons. The summed E-state index contributed by atoms with van der Waals surface area (Å²) in [4.78, 5) is 0. The summed E-state index contributed by atoms with van der Waals surface area (Å²) in [5, 5.41) is 12.9. The standard InChI is InChI=1S/C17H25NO3/c19-10-9-17(7-2-1-3-8-17)12-18-11-14-5-4-6-15-16(14)21-13-20-15/h4-6,18-19H,1-3,7-13H2. The third kappa shape index (κ3) is 3.33. The van der Waals surface area contributed by atoms with Gasteiger partial charge >= 0.3 is 0 Å². The fourth-order valence-electron chi connectivity index (χ4n) is 3.65. The van der Waals surface area contributed by atoms with Gasteiger partial charge in [-0.1, -0.05) is 31.4 Å². The molecule has 0 unspecified atom stereocenters. The first-order valence-corrected chi connectivity index (χ1v) is 8.02. The fraction of sp³-hybridized carbons (Fsp3) is 0.647. The molecule has 1 heterocycles. The molecule has 0 aromatic heterocycles. The van der Waals surface area contributed by atoms with E-state index in [2.05, 4.69) is 11.4 Å². The molecule has 4 nitrogen and oxygen atoms in total. The highest BCUT2D eigenvalue weighted by atomic mass is 16.7. The van der Waals surface area contributed by atoms with Gasteiger partial charge in [0, 0.05) is 25.3 Å². The molecule has 0 bridgehead atoms. The number of nitrogens with one attached hydrogen (secondary N) is 1. The molecule has 116 valence electrons. The van der Waals surface area contributed by atoms with E-state index in [9.17, 15) is 5.11 Å². The van der Waals surface area contributed by atoms with Crippen LogP contribution in [-0.2, 0) is 6.54 Å². The van der Waals surface area contributed by atoms with Crippen molar-refractivity contribution in [3.63, 3.8) is 0 Å². The molecule has 1 saturated carbocycles. The molecular weight excluding hydrogens is 266 g/mol. The molecule has 21 heavy (non-hydrogen) atoms. The van der Waals surface area contributed by atoms with E-state index in [-0.39, 0.29) is 5.41 Å². The number of hydrogen-bond acceptors (Lipinski definition) is 4. The van der Waals surface area contributed by atoms with Crippen LogP contribution in [0.3, 0.4) is 0 Å². The Labute approximate surface area is 126 Å². The normalized spacial score (nSPS) is 19.7. The van der Waals surface area contributed by atoms with Crippen LogP contribution < -0.4 is 14.8 Å². The molecule has 4 heteroatoms. The van der Waals surface area contributed by atoms with Gasteiger partial charge in [0.2, 0.25) is 6.79 Å². The zero-order valence-corrected chi connectivity index (χ0v) is 12.6. The third-order valence-electron chi connectivity index (χ3n) is 4.85. The Bertz CT molecular complexity index is 464. The van der Waals surface area contributed by atoms with Gasteiger partial charge in [0.1, 0.15) is 0 Å². The maximum Gasteiger partial charge on any atom is 0.231 e. The average Bonchev–Trinajstić information content (AvgIpc) is 2.98. The van der Waals surface area contributed by atoms with E-state index in [4.69, 9.17) is 9.47 Å². The van der Waals surface area contributed by atoms with Crippen molar-refractivity contribution in [3.8, 4) is 11.5 Å². The minimum atomic E-state index is 0.280. The van der Waals surface area contributed by atoms with Gasteiger partial charge in [0.15, 0.2) is 11.5 Å². The summed E-state index contributed by atoms with van der Waals surface area (Å²) in [5.41, 5.74) is 1.43. The summed E-state index contributed by atoms with van der Waals surface area (Å²) in [6.45, 7) is 2.37. The number of aliphatic hydroxyl groups is 1. The number of ether oxygens (including phenoxy) is 2. The topological polar surface area (TPSA) is 50.7 Å². The number of hydrogen-bond donors (Lipinski definition) is 2. The first-order valence-electron chi connectivity index (χ1n) is 8.02. The number of benzene rings is 1. The van der Waals surface area contributed by atoms with Crippen LogP contribution >= 0.6 is 0 Å². The zero-order chi connectivity index (χ0) is 14.5. The van der Waals surface area contributed by atoms with Gasteiger partial charge in [0.05, 0.1) is 0 Å². The first-order chi connectivity index (χ1) is 10.3. The summed E-state index contributed by atoms with van der Waals surface area (Å²) in [6.07, 6.45) is 7.29. The number of rotatable bonds is 6. The lowest BCUT2D eigenvalue weighted by atomic mass is 9.72. The van der Waals surface area contributed by atoms with Crippen LogP contribution in [0.25, 0.3) is 0 Å². The monoisotopic (exact) mass is 291 g/mol. The number of fused-ring (bicyclic) bond motifs is 1. The second-order valence-corrected chi connectivity index (χ2v) is 6.29. The molecule has 0 saturated heterocycles.